The van der Waals surface area contributed by atoms with Crippen LogP contribution in [-0.4, -0.2) is 20.1 Å². The minimum atomic E-state index is 0.503. The summed E-state index contributed by atoms with van der Waals surface area (Å²) in [6.45, 7) is 2.25. The lowest BCUT2D eigenvalue weighted by Crippen LogP contribution is -2.43. The average Bonchev–Trinajstić information content (AvgIpc) is 2.36. The smallest absolute Gasteiger partial charge is 0.0620 e. The molecule has 0 saturated heterocycles. The Labute approximate surface area is 96.6 Å². The van der Waals surface area contributed by atoms with E-state index in [2.05, 4.69) is 29.4 Å². The Kier molecular flexibility index (Phi) is 2.03. The van der Waals surface area contributed by atoms with Gasteiger partial charge in [0.2, 0.25) is 0 Å². The molecule has 1 aromatic rings. The molecule has 0 atom stereocenters. The van der Waals surface area contributed by atoms with Gasteiger partial charge in [-0.1, -0.05) is 6.42 Å². The molecule has 1 aromatic carbocycles. The van der Waals surface area contributed by atoms with Gasteiger partial charge in [-0.25, -0.2) is 0 Å². The summed E-state index contributed by atoms with van der Waals surface area (Å²) in [5.74, 6) is 0. The first-order valence-corrected chi connectivity index (χ1v) is 6.03. The van der Waals surface area contributed by atoms with Crippen molar-refractivity contribution in [3.63, 3.8) is 0 Å². The lowest BCUT2D eigenvalue weighted by Gasteiger charge is -2.43. The first-order chi connectivity index (χ1) is 7.69. The lowest BCUT2D eigenvalue weighted by molar-refractivity contribution is 0.162. The lowest BCUT2D eigenvalue weighted by atomic mass is 9.68. The largest absolute Gasteiger partial charge is 0.399 e. The molecule has 0 radical (unpaired) electrons. The Hall–Kier alpha value is -1.38. The first kappa shape index (κ1) is 9.82. The number of benzene rings is 1. The molecular weight excluding hydrogens is 198 g/mol. The van der Waals surface area contributed by atoms with Crippen LogP contribution in [-0.2, 0) is 0 Å². The molecule has 0 bridgehead atoms. The van der Waals surface area contributed by atoms with E-state index in [0.29, 0.717) is 5.41 Å². The van der Waals surface area contributed by atoms with Crippen LogP contribution in [0, 0.1) is 5.41 Å². The predicted octanol–water partition coefficient (Wildman–Crippen LogP) is 2.30. The van der Waals surface area contributed by atoms with E-state index in [1.54, 1.807) is 0 Å². The van der Waals surface area contributed by atoms with Gasteiger partial charge < -0.3 is 16.0 Å². The molecule has 1 aliphatic heterocycles. The molecule has 3 rings (SSSR count). The average molecular weight is 217 g/mol. The van der Waals surface area contributed by atoms with Crippen LogP contribution < -0.4 is 16.0 Å². The third kappa shape index (κ3) is 1.42. The zero-order chi connectivity index (χ0) is 11.2. The van der Waals surface area contributed by atoms with E-state index in [1.165, 1.54) is 30.6 Å². The Morgan fingerprint density at radius 1 is 1.38 bits per heavy atom. The van der Waals surface area contributed by atoms with Crippen LogP contribution in [0.25, 0.3) is 0 Å². The normalized spacial score (nSPS) is 21.9. The van der Waals surface area contributed by atoms with Crippen molar-refractivity contribution in [2.24, 2.45) is 5.41 Å². The summed E-state index contributed by atoms with van der Waals surface area (Å²) in [4.78, 5) is 2.35. The predicted molar refractivity (Wildman–Crippen MR) is 68.9 cm³/mol. The molecule has 1 fully saturated rings. The van der Waals surface area contributed by atoms with Crippen molar-refractivity contribution in [1.82, 2.24) is 0 Å². The van der Waals surface area contributed by atoms with Crippen molar-refractivity contribution in [3.8, 4) is 0 Å². The fourth-order valence-electron chi connectivity index (χ4n) is 2.95. The molecule has 86 valence electrons. The number of nitrogens with one attached hydrogen (secondary N) is 1. The quantitative estimate of drug-likeness (QED) is 0.655. The van der Waals surface area contributed by atoms with Crippen LogP contribution >= 0.6 is 0 Å². The van der Waals surface area contributed by atoms with E-state index in [9.17, 15) is 0 Å². The second-order valence-electron chi connectivity index (χ2n) is 5.34. The number of anilines is 3. The summed E-state index contributed by atoms with van der Waals surface area (Å²) >= 11 is 0. The minimum absolute atomic E-state index is 0.503. The Balaban J connectivity index is 1.95. The van der Waals surface area contributed by atoms with Crippen molar-refractivity contribution in [2.75, 3.05) is 36.1 Å². The van der Waals surface area contributed by atoms with E-state index in [0.717, 1.165) is 18.8 Å². The second kappa shape index (κ2) is 3.30. The summed E-state index contributed by atoms with van der Waals surface area (Å²) in [6, 6.07) is 6.14. The van der Waals surface area contributed by atoms with Gasteiger partial charge in [-0.2, -0.15) is 0 Å². The van der Waals surface area contributed by atoms with Gasteiger partial charge in [0.05, 0.1) is 11.4 Å². The minimum Gasteiger partial charge on any atom is -0.399 e. The van der Waals surface area contributed by atoms with E-state index >= 15 is 0 Å². The third-order valence-electron chi connectivity index (χ3n) is 4.07. The van der Waals surface area contributed by atoms with Crippen LogP contribution in [0.5, 0.6) is 0 Å². The molecule has 3 nitrogen and oxygen atoms in total. The highest BCUT2D eigenvalue weighted by Crippen LogP contribution is 2.45. The van der Waals surface area contributed by atoms with Crippen molar-refractivity contribution in [3.05, 3.63) is 18.2 Å². The van der Waals surface area contributed by atoms with Crippen molar-refractivity contribution in [2.45, 2.75) is 19.3 Å². The van der Waals surface area contributed by atoms with E-state index in [4.69, 9.17) is 5.73 Å². The molecule has 0 amide bonds. The van der Waals surface area contributed by atoms with Crippen LogP contribution in [0.15, 0.2) is 18.2 Å². The van der Waals surface area contributed by atoms with Gasteiger partial charge in [0.1, 0.15) is 0 Å². The van der Waals surface area contributed by atoms with E-state index < -0.39 is 0 Å². The standard InChI is InChI=1S/C13H19N3/c1-16-9-13(5-2-6-13)8-15-11-4-3-10(14)7-12(11)16/h3-4,7,15H,2,5-6,8-9,14H2,1H3. The first-order valence-electron chi connectivity index (χ1n) is 6.03. The van der Waals surface area contributed by atoms with Crippen molar-refractivity contribution < 1.29 is 0 Å². The molecule has 1 aliphatic carbocycles. The molecule has 2 aliphatic rings. The van der Waals surface area contributed by atoms with Gasteiger partial charge in [-0.15, -0.1) is 0 Å². The molecule has 0 unspecified atom stereocenters. The van der Waals surface area contributed by atoms with Gasteiger partial charge in [0.25, 0.3) is 0 Å². The van der Waals surface area contributed by atoms with Crippen LogP contribution in [0.4, 0.5) is 17.1 Å². The van der Waals surface area contributed by atoms with Gasteiger partial charge in [-0.3, -0.25) is 0 Å². The monoisotopic (exact) mass is 217 g/mol. The van der Waals surface area contributed by atoms with E-state index in [1.807, 2.05) is 6.07 Å². The Morgan fingerprint density at radius 2 is 2.19 bits per heavy atom. The zero-order valence-corrected chi connectivity index (χ0v) is 9.79. The molecule has 3 N–H and O–H groups in total. The number of hydrogen-bond acceptors (Lipinski definition) is 3. The molecule has 3 heteroatoms. The second-order valence-corrected chi connectivity index (χ2v) is 5.34. The summed E-state index contributed by atoms with van der Waals surface area (Å²) in [5, 5.41) is 3.58. The van der Waals surface area contributed by atoms with Crippen molar-refractivity contribution >= 4 is 17.1 Å². The molecular formula is C13H19N3. The SMILES string of the molecule is CN1CC2(CCC2)CNc2ccc(N)cc21. The maximum Gasteiger partial charge on any atom is 0.0620 e. The summed E-state index contributed by atoms with van der Waals surface area (Å²) in [7, 11) is 2.17. The fraction of sp³-hybridized carbons (Fsp3) is 0.538. The topological polar surface area (TPSA) is 41.3 Å². The number of nitrogens with two attached hydrogens (primary N) is 1. The van der Waals surface area contributed by atoms with Gasteiger partial charge in [-0.05, 0) is 31.0 Å². The summed E-state index contributed by atoms with van der Waals surface area (Å²) < 4.78 is 0. The molecule has 16 heavy (non-hydrogen) atoms. The number of rotatable bonds is 0. The molecule has 1 spiro atoms. The fourth-order valence-corrected chi connectivity index (χ4v) is 2.95. The maximum absolute atomic E-state index is 5.85. The Bertz CT molecular complexity index is 410. The number of hydrogen-bond donors (Lipinski definition) is 2. The Morgan fingerprint density at radius 3 is 2.88 bits per heavy atom. The number of nitrogen functional groups attached to an aromatic ring is 1. The summed E-state index contributed by atoms with van der Waals surface area (Å²) in [6.07, 6.45) is 4.09. The van der Waals surface area contributed by atoms with Gasteiger partial charge >= 0.3 is 0 Å². The molecule has 1 heterocycles. The highest BCUT2D eigenvalue weighted by molar-refractivity contribution is 5.74. The van der Waals surface area contributed by atoms with Crippen LogP contribution in [0.2, 0.25) is 0 Å². The number of fused-ring (bicyclic) bond motifs is 1. The highest BCUT2D eigenvalue weighted by atomic mass is 15.2. The molecule has 0 aromatic heterocycles. The maximum atomic E-state index is 5.85. The molecule has 1 saturated carbocycles. The highest BCUT2D eigenvalue weighted by Gasteiger charge is 2.39. The van der Waals surface area contributed by atoms with Crippen molar-refractivity contribution in [1.29, 1.82) is 0 Å². The van der Waals surface area contributed by atoms with Crippen LogP contribution in [0.3, 0.4) is 0 Å². The zero-order valence-electron chi connectivity index (χ0n) is 9.79. The third-order valence-corrected chi connectivity index (χ3v) is 4.07. The van der Waals surface area contributed by atoms with Gasteiger partial charge in [0.15, 0.2) is 0 Å². The van der Waals surface area contributed by atoms with Gasteiger partial charge in [0, 0.05) is 31.2 Å². The number of nitrogens with zero attached hydrogens (tertiary/aromatic N) is 1. The van der Waals surface area contributed by atoms with Crippen LogP contribution in [0.1, 0.15) is 19.3 Å². The van der Waals surface area contributed by atoms with E-state index in [-0.39, 0.29) is 0 Å². The summed E-state index contributed by atoms with van der Waals surface area (Å²) in [5.41, 5.74) is 9.66.